The number of rotatable bonds is 7. The minimum atomic E-state index is 0.701. The molecule has 0 aromatic carbocycles. The van der Waals surface area contributed by atoms with Crippen LogP contribution in [-0.4, -0.2) is 16.5 Å². The molecule has 3 heteroatoms. The molecule has 1 aromatic rings. The highest BCUT2D eigenvalue weighted by atomic mass is 15.0. The predicted octanol–water partition coefficient (Wildman–Crippen LogP) is 2.50. The van der Waals surface area contributed by atoms with Gasteiger partial charge in [-0.25, -0.2) is 4.98 Å². The van der Waals surface area contributed by atoms with Gasteiger partial charge >= 0.3 is 0 Å². The van der Waals surface area contributed by atoms with Crippen molar-refractivity contribution in [1.29, 1.82) is 0 Å². The molecule has 1 rings (SSSR count). The van der Waals surface area contributed by atoms with Gasteiger partial charge in [-0.05, 0) is 18.9 Å². The number of unbranched alkanes of at least 4 members (excludes halogenated alkanes) is 1. The van der Waals surface area contributed by atoms with Gasteiger partial charge in [-0.3, -0.25) is 0 Å². The van der Waals surface area contributed by atoms with E-state index in [0.717, 1.165) is 25.3 Å². The van der Waals surface area contributed by atoms with E-state index in [4.69, 9.17) is 0 Å². The quantitative estimate of drug-likeness (QED) is 0.724. The number of hydrogen-bond donors (Lipinski definition) is 2. The van der Waals surface area contributed by atoms with Crippen molar-refractivity contribution >= 4 is 0 Å². The van der Waals surface area contributed by atoms with Gasteiger partial charge in [0.05, 0.1) is 0 Å². The lowest BCUT2D eigenvalue weighted by Gasteiger charge is -2.05. The molecule has 0 fully saturated rings. The fraction of sp³-hybridized carbons (Fsp3) is 0.750. The summed E-state index contributed by atoms with van der Waals surface area (Å²) < 4.78 is 0. The Morgan fingerprint density at radius 3 is 2.93 bits per heavy atom. The molecule has 1 aromatic heterocycles. The Balaban J connectivity index is 2.26. The Bertz CT molecular complexity index is 266. The van der Waals surface area contributed by atoms with E-state index in [1.165, 1.54) is 18.5 Å². The van der Waals surface area contributed by atoms with Crippen molar-refractivity contribution < 1.29 is 0 Å². The minimum absolute atomic E-state index is 0.701. The minimum Gasteiger partial charge on any atom is -0.345 e. The molecule has 15 heavy (non-hydrogen) atoms. The maximum Gasteiger partial charge on any atom is 0.106 e. The summed E-state index contributed by atoms with van der Waals surface area (Å²) in [6.45, 7) is 8.59. The van der Waals surface area contributed by atoms with Crippen LogP contribution in [0.2, 0.25) is 0 Å². The van der Waals surface area contributed by atoms with Gasteiger partial charge in [-0.15, -0.1) is 0 Å². The first-order valence-electron chi connectivity index (χ1n) is 5.95. The Kier molecular flexibility index (Phi) is 5.40. The van der Waals surface area contributed by atoms with E-state index in [2.05, 4.69) is 36.1 Å². The summed E-state index contributed by atoms with van der Waals surface area (Å²) in [5.41, 5.74) is 1.20. The zero-order chi connectivity index (χ0) is 11.1. The average Bonchev–Trinajstić information content (AvgIpc) is 2.62. The van der Waals surface area contributed by atoms with Gasteiger partial charge in [-0.2, -0.15) is 0 Å². The summed E-state index contributed by atoms with van der Waals surface area (Å²) in [7, 11) is 0. The van der Waals surface area contributed by atoms with Crippen molar-refractivity contribution in [3.63, 3.8) is 0 Å². The van der Waals surface area contributed by atoms with Crippen LogP contribution >= 0.6 is 0 Å². The normalized spacial score (nSPS) is 11.2. The summed E-state index contributed by atoms with van der Waals surface area (Å²) in [6, 6.07) is 0. The monoisotopic (exact) mass is 209 g/mol. The van der Waals surface area contributed by atoms with E-state index in [1.54, 1.807) is 0 Å². The van der Waals surface area contributed by atoms with Crippen molar-refractivity contribution in [1.82, 2.24) is 15.3 Å². The Labute approximate surface area is 92.7 Å². The van der Waals surface area contributed by atoms with Crippen LogP contribution in [0, 0.1) is 5.92 Å². The maximum atomic E-state index is 4.36. The largest absolute Gasteiger partial charge is 0.345 e. The SMILES string of the molecule is CCCCc1ncc(CNCC(C)C)[nH]1. The van der Waals surface area contributed by atoms with E-state index in [9.17, 15) is 0 Å². The molecule has 0 saturated heterocycles. The first-order chi connectivity index (χ1) is 7.22. The molecule has 0 unspecified atom stereocenters. The lowest BCUT2D eigenvalue weighted by atomic mass is 10.2. The van der Waals surface area contributed by atoms with E-state index in [1.807, 2.05) is 6.20 Å². The zero-order valence-electron chi connectivity index (χ0n) is 10.1. The lowest BCUT2D eigenvalue weighted by molar-refractivity contribution is 0.548. The topological polar surface area (TPSA) is 40.7 Å². The number of aryl methyl sites for hydroxylation is 1. The Hall–Kier alpha value is -0.830. The van der Waals surface area contributed by atoms with Crippen molar-refractivity contribution in [2.75, 3.05) is 6.54 Å². The maximum absolute atomic E-state index is 4.36. The predicted molar refractivity (Wildman–Crippen MR) is 63.7 cm³/mol. The van der Waals surface area contributed by atoms with Crippen LogP contribution in [-0.2, 0) is 13.0 Å². The van der Waals surface area contributed by atoms with Crippen molar-refractivity contribution in [3.8, 4) is 0 Å². The van der Waals surface area contributed by atoms with Crippen LogP contribution in [0.1, 0.15) is 45.1 Å². The number of hydrogen-bond acceptors (Lipinski definition) is 2. The van der Waals surface area contributed by atoms with Gasteiger partial charge in [0, 0.05) is 24.9 Å². The first kappa shape index (κ1) is 12.2. The number of aromatic nitrogens is 2. The van der Waals surface area contributed by atoms with Crippen molar-refractivity contribution in [2.24, 2.45) is 5.92 Å². The molecular formula is C12H23N3. The molecule has 0 saturated carbocycles. The Morgan fingerprint density at radius 1 is 1.47 bits per heavy atom. The lowest BCUT2D eigenvalue weighted by Crippen LogP contribution is -2.19. The molecule has 1 heterocycles. The Morgan fingerprint density at radius 2 is 2.27 bits per heavy atom. The number of nitrogens with one attached hydrogen (secondary N) is 2. The van der Waals surface area contributed by atoms with Crippen LogP contribution in [0.4, 0.5) is 0 Å². The van der Waals surface area contributed by atoms with E-state index in [-0.39, 0.29) is 0 Å². The van der Waals surface area contributed by atoms with Crippen LogP contribution in [0.25, 0.3) is 0 Å². The zero-order valence-corrected chi connectivity index (χ0v) is 10.1. The van der Waals surface area contributed by atoms with Gasteiger partial charge < -0.3 is 10.3 Å². The second-order valence-electron chi connectivity index (χ2n) is 4.48. The second-order valence-corrected chi connectivity index (χ2v) is 4.48. The molecule has 2 N–H and O–H groups in total. The fourth-order valence-electron chi connectivity index (χ4n) is 1.46. The number of nitrogens with zero attached hydrogens (tertiary/aromatic N) is 1. The van der Waals surface area contributed by atoms with Gasteiger partial charge in [0.15, 0.2) is 0 Å². The third kappa shape index (κ3) is 4.98. The molecule has 0 spiro atoms. The number of aromatic amines is 1. The van der Waals surface area contributed by atoms with E-state index >= 15 is 0 Å². The van der Waals surface area contributed by atoms with Gasteiger partial charge in [0.2, 0.25) is 0 Å². The highest BCUT2D eigenvalue weighted by molar-refractivity contribution is 5.01. The van der Waals surface area contributed by atoms with Crippen LogP contribution in [0.5, 0.6) is 0 Å². The van der Waals surface area contributed by atoms with Crippen molar-refractivity contribution in [2.45, 2.75) is 46.6 Å². The second kappa shape index (κ2) is 6.62. The van der Waals surface area contributed by atoms with E-state index in [0.29, 0.717) is 5.92 Å². The average molecular weight is 209 g/mol. The van der Waals surface area contributed by atoms with Gasteiger partial charge in [0.25, 0.3) is 0 Å². The number of imidazole rings is 1. The summed E-state index contributed by atoms with van der Waals surface area (Å²) in [6.07, 6.45) is 5.45. The van der Waals surface area contributed by atoms with Crippen LogP contribution in [0.15, 0.2) is 6.20 Å². The molecule has 0 aliphatic heterocycles. The highest BCUT2D eigenvalue weighted by Gasteiger charge is 2.00. The fourth-order valence-corrected chi connectivity index (χ4v) is 1.46. The standard InChI is InChI=1S/C12H23N3/c1-4-5-6-12-14-9-11(15-12)8-13-7-10(2)3/h9-10,13H,4-8H2,1-3H3,(H,14,15). The molecule has 86 valence electrons. The summed E-state index contributed by atoms with van der Waals surface area (Å²) >= 11 is 0. The van der Waals surface area contributed by atoms with Gasteiger partial charge in [-0.1, -0.05) is 27.2 Å². The molecule has 0 aliphatic rings. The van der Waals surface area contributed by atoms with Crippen molar-refractivity contribution in [3.05, 3.63) is 17.7 Å². The third-order valence-electron chi connectivity index (χ3n) is 2.32. The molecule has 0 radical (unpaired) electrons. The molecule has 0 amide bonds. The molecular weight excluding hydrogens is 186 g/mol. The molecule has 0 atom stereocenters. The highest BCUT2D eigenvalue weighted by Crippen LogP contribution is 2.02. The number of H-pyrrole nitrogens is 1. The summed E-state index contributed by atoms with van der Waals surface area (Å²) in [5, 5.41) is 3.40. The molecule has 0 aliphatic carbocycles. The third-order valence-corrected chi connectivity index (χ3v) is 2.32. The van der Waals surface area contributed by atoms with E-state index < -0.39 is 0 Å². The molecule has 0 bridgehead atoms. The summed E-state index contributed by atoms with van der Waals surface area (Å²) in [4.78, 5) is 7.70. The van der Waals surface area contributed by atoms with Gasteiger partial charge in [0.1, 0.15) is 5.82 Å². The summed E-state index contributed by atoms with van der Waals surface area (Å²) in [5.74, 6) is 1.82. The van der Waals surface area contributed by atoms with Crippen LogP contribution < -0.4 is 5.32 Å². The first-order valence-corrected chi connectivity index (χ1v) is 5.95. The molecule has 3 nitrogen and oxygen atoms in total. The smallest absolute Gasteiger partial charge is 0.106 e. The van der Waals surface area contributed by atoms with Crippen LogP contribution in [0.3, 0.4) is 0 Å².